The molecule has 2 aromatic heterocycles. The summed E-state index contributed by atoms with van der Waals surface area (Å²) in [5.41, 5.74) is 9.25. The Morgan fingerprint density at radius 1 is 0.316 bits per heavy atom. The summed E-state index contributed by atoms with van der Waals surface area (Å²) >= 11 is 12.5. The van der Waals surface area contributed by atoms with Gasteiger partial charge in [0.2, 0.25) is 10.6 Å². The summed E-state index contributed by atoms with van der Waals surface area (Å²) < 4.78 is 0. The maximum absolute atomic E-state index is 6.26. The third-order valence-corrected chi connectivity index (χ3v) is 6.57. The van der Waals surface area contributed by atoms with Gasteiger partial charge in [-0.2, -0.15) is 0 Å². The van der Waals surface area contributed by atoms with E-state index in [2.05, 4.69) is 44.2 Å². The van der Waals surface area contributed by atoms with Crippen LogP contribution in [0.1, 0.15) is 0 Å². The van der Waals surface area contributed by atoms with Gasteiger partial charge in [0.25, 0.3) is 0 Å². The van der Waals surface area contributed by atoms with E-state index in [0.717, 1.165) is 56.2 Å². The Labute approximate surface area is 230 Å². The molecule has 0 aliphatic rings. The van der Waals surface area contributed by atoms with Crippen molar-refractivity contribution < 1.29 is 0 Å². The maximum Gasteiger partial charge on any atom is 0.223 e. The fraction of sp³-hybridized carbons (Fsp3) is 0. The van der Waals surface area contributed by atoms with Gasteiger partial charge in [-0.1, -0.05) is 109 Å². The lowest BCUT2D eigenvalue weighted by atomic mass is 10.00. The molecule has 4 aromatic carbocycles. The summed E-state index contributed by atoms with van der Waals surface area (Å²) in [5.74, 6) is 0. The molecule has 0 saturated carbocycles. The van der Waals surface area contributed by atoms with Crippen molar-refractivity contribution in [3.8, 4) is 56.2 Å². The van der Waals surface area contributed by atoms with Crippen LogP contribution in [0.2, 0.25) is 10.6 Å². The average molecular weight is 531 g/mol. The van der Waals surface area contributed by atoms with Crippen LogP contribution in [0, 0.1) is 0 Å². The second kappa shape index (κ2) is 10.5. The molecule has 0 bridgehead atoms. The smallest absolute Gasteiger partial charge is 0.218 e. The zero-order valence-electron chi connectivity index (χ0n) is 20.1. The maximum atomic E-state index is 6.26. The zero-order valence-corrected chi connectivity index (χ0v) is 21.6. The van der Waals surface area contributed by atoms with Crippen LogP contribution >= 0.6 is 23.2 Å². The molecule has 38 heavy (non-hydrogen) atoms. The topological polar surface area (TPSA) is 51.6 Å². The minimum Gasteiger partial charge on any atom is -0.218 e. The Morgan fingerprint density at radius 2 is 0.579 bits per heavy atom. The van der Waals surface area contributed by atoms with E-state index in [4.69, 9.17) is 23.2 Å². The molecule has 2 heterocycles. The molecule has 0 amide bonds. The normalized spacial score (nSPS) is 10.9. The van der Waals surface area contributed by atoms with E-state index in [1.807, 2.05) is 97.1 Å². The van der Waals surface area contributed by atoms with Gasteiger partial charge in [-0.05, 0) is 46.5 Å². The minimum atomic E-state index is 0.223. The summed E-state index contributed by atoms with van der Waals surface area (Å²) in [6, 6.07) is 40.3. The third kappa shape index (κ3) is 5.18. The molecule has 0 spiro atoms. The fourth-order valence-electron chi connectivity index (χ4n) is 4.31. The van der Waals surface area contributed by atoms with Crippen molar-refractivity contribution in [3.05, 3.63) is 132 Å². The van der Waals surface area contributed by atoms with Gasteiger partial charge in [-0.3, -0.25) is 0 Å². The number of aromatic nitrogens is 4. The first-order chi connectivity index (χ1) is 18.6. The number of nitrogens with zero attached hydrogens (tertiary/aromatic N) is 4. The number of hydrogen-bond acceptors (Lipinski definition) is 4. The molecule has 0 radical (unpaired) electrons. The minimum absolute atomic E-state index is 0.223. The van der Waals surface area contributed by atoms with Gasteiger partial charge in [0.05, 0.1) is 22.8 Å². The molecule has 182 valence electrons. The lowest BCUT2D eigenvalue weighted by Gasteiger charge is -2.09. The SMILES string of the molecule is Clc1nc(-c2ccccc2)cc(-c2ccc(-c3ccc(-c4cc(-c5ccccc5)nc(Cl)n4)cc3)cc2)n1. The van der Waals surface area contributed by atoms with E-state index in [1.165, 1.54) is 0 Å². The van der Waals surface area contributed by atoms with E-state index >= 15 is 0 Å². The number of hydrogen-bond donors (Lipinski definition) is 0. The predicted octanol–water partition coefficient (Wildman–Crippen LogP) is 8.91. The molecule has 0 aliphatic heterocycles. The quantitative estimate of drug-likeness (QED) is 0.209. The molecular formula is C32H20Cl2N4. The highest BCUT2D eigenvalue weighted by Gasteiger charge is 2.10. The summed E-state index contributed by atoms with van der Waals surface area (Å²) in [5, 5.41) is 0.447. The largest absolute Gasteiger partial charge is 0.223 e. The summed E-state index contributed by atoms with van der Waals surface area (Å²) in [7, 11) is 0. The van der Waals surface area contributed by atoms with E-state index in [0.29, 0.717) is 0 Å². The van der Waals surface area contributed by atoms with Gasteiger partial charge in [0.1, 0.15) is 0 Å². The standard InChI is InChI=1S/C32H20Cl2N4/c33-31-35-27(23-7-3-1-4-8-23)19-29(37-31)25-15-11-21(12-16-25)22-13-17-26(18-14-22)30-20-28(36-32(34)38-30)24-9-5-2-6-10-24/h1-20H. The van der Waals surface area contributed by atoms with E-state index < -0.39 is 0 Å². The Hall–Kier alpha value is -4.38. The molecule has 6 aromatic rings. The lowest BCUT2D eigenvalue weighted by molar-refractivity contribution is 1.18. The van der Waals surface area contributed by atoms with Crippen LogP contribution in [0.3, 0.4) is 0 Å². The highest BCUT2D eigenvalue weighted by atomic mass is 35.5. The van der Waals surface area contributed by atoms with Crippen molar-refractivity contribution in [1.29, 1.82) is 0 Å². The van der Waals surface area contributed by atoms with E-state index in [-0.39, 0.29) is 10.6 Å². The first-order valence-corrected chi connectivity index (χ1v) is 12.8. The fourth-order valence-corrected chi connectivity index (χ4v) is 4.68. The van der Waals surface area contributed by atoms with Crippen LogP contribution < -0.4 is 0 Å². The van der Waals surface area contributed by atoms with Crippen molar-refractivity contribution in [2.75, 3.05) is 0 Å². The first kappa shape index (κ1) is 24.0. The number of rotatable bonds is 5. The van der Waals surface area contributed by atoms with Crippen molar-refractivity contribution in [2.45, 2.75) is 0 Å². The summed E-state index contributed by atoms with van der Waals surface area (Å²) in [6.45, 7) is 0. The summed E-state index contributed by atoms with van der Waals surface area (Å²) in [6.07, 6.45) is 0. The molecule has 0 N–H and O–H groups in total. The van der Waals surface area contributed by atoms with E-state index in [1.54, 1.807) is 0 Å². The highest BCUT2D eigenvalue weighted by molar-refractivity contribution is 6.28. The predicted molar refractivity (Wildman–Crippen MR) is 155 cm³/mol. The Bertz CT molecular complexity index is 1570. The summed E-state index contributed by atoms with van der Waals surface area (Å²) in [4.78, 5) is 17.7. The third-order valence-electron chi connectivity index (χ3n) is 6.23. The van der Waals surface area contributed by atoms with Gasteiger partial charge >= 0.3 is 0 Å². The van der Waals surface area contributed by atoms with Crippen LogP contribution in [0.5, 0.6) is 0 Å². The molecule has 0 aliphatic carbocycles. The lowest BCUT2D eigenvalue weighted by Crippen LogP contribution is -1.92. The number of benzene rings is 4. The first-order valence-electron chi connectivity index (χ1n) is 12.0. The molecule has 0 saturated heterocycles. The monoisotopic (exact) mass is 530 g/mol. The van der Waals surface area contributed by atoms with Gasteiger partial charge in [0.15, 0.2) is 0 Å². The van der Waals surface area contributed by atoms with Gasteiger partial charge in [-0.15, -0.1) is 0 Å². The van der Waals surface area contributed by atoms with Gasteiger partial charge in [-0.25, -0.2) is 19.9 Å². The van der Waals surface area contributed by atoms with Gasteiger partial charge in [0, 0.05) is 22.3 Å². The molecule has 6 heteroatoms. The molecule has 4 nitrogen and oxygen atoms in total. The molecule has 0 atom stereocenters. The van der Waals surface area contributed by atoms with Crippen molar-refractivity contribution in [3.63, 3.8) is 0 Å². The van der Waals surface area contributed by atoms with Crippen LogP contribution in [-0.2, 0) is 0 Å². The Kier molecular flexibility index (Phi) is 6.65. The van der Waals surface area contributed by atoms with Crippen LogP contribution in [0.4, 0.5) is 0 Å². The van der Waals surface area contributed by atoms with Crippen molar-refractivity contribution in [1.82, 2.24) is 19.9 Å². The molecule has 0 fully saturated rings. The number of halogens is 2. The molecule has 6 rings (SSSR count). The van der Waals surface area contributed by atoms with E-state index in [9.17, 15) is 0 Å². The van der Waals surface area contributed by atoms with Crippen LogP contribution in [-0.4, -0.2) is 19.9 Å². The van der Waals surface area contributed by atoms with Crippen molar-refractivity contribution >= 4 is 23.2 Å². The van der Waals surface area contributed by atoms with Crippen LogP contribution in [0.25, 0.3) is 56.2 Å². The zero-order chi connectivity index (χ0) is 25.9. The van der Waals surface area contributed by atoms with Crippen LogP contribution in [0.15, 0.2) is 121 Å². The van der Waals surface area contributed by atoms with Gasteiger partial charge < -0.3 is 0 Å². The second-order valence-corrected chi connectivity index (χ2v) is 9.38. The molecular weight excluding hydrogens is 511 g/mol. The molecule has 0 unspecified atom stereocenters. The average Bonchev–Trinajstić information content (AvgIpc) is 2.98. The Morgan fingerprint density at radius 3 is 0.895 bits per heavy atom. The second-order valence-electron chi connectivity index (χ2n) is 8.70. The Balaban J connectivity index is 1.26. The van der Waals surface area contributed by atoms with Crippen molar-refractivity contribution in [2.24, 2.45) is 0 Å². The highest BCUT2D eigenvalue weighted by Crippen LogP contribution is 2.30.